The predicted octanol–water partition coefficient (Wildman–Crippen LogP) is 3.08. The van der Waals surface area contributed by atoms with Crippen LogP contribution in [-0.4, -0.2) is 6.54 Å². The van der Waals surface area contributed by atoms with E-state index in [-0.39, 0.29) is 0 Å². The van der Waals surface area contributed by atoms with E-state index in [1.165, 1.54) is 18.4 Å². The van der Waals surface area contributed by atoms with Gasteiger partial charge in [0, 0.05) is 6.54 Å². The fourth-order valence-electron chi connectivity index (χ4n) is 1.60. The molecule has 1 N–H and O–H groups in total. The van der Waals surface area contributed by atoms with Gasteiger partial charge in [0.25, 0.3) is 0 Å². The number of anilines is 1. The fourth-order valence-corrected chi connectivity index (χ4v) is 1.60. The number of benzene rings is 1. The van der Waals surface area contributed by atoms with E-state index in [0.29, 0.717) is 5.41 Å². The van der Waals surface area contributed by atoms with Crippen LogP contribution in [0.1, 0.15) is 30.9 Å². The number of nitrogens with one attached hydrogen (secondary N) is 1. The molecular formula is C13H16N2. The number of nitriles is 1. The van der Waals surface area contributed by atoms with E-state index in [1.807, 2.05) is 25.1 Å². The quantitative estimate of drug-likeness (QED) is 0.813. The molecule has 1 aromatic carbocycles. The smallest absolute Gasteiger partial charge is 0.101 e. The van der Waals surface area contributed by atoms with Crippen molar-refractivity contribution in [3.05, 3.63) is 29.3 Å². The van der Waals surface area contributed by atoms with E-state index in [4.69, 9.17) is 5.26 Å². The first kappa shape index (κ1) is 10.0. The van der Waals surface area contributed by atoms with E-state index in [2.05, 4.69) is 18.3 Å². The predicted molar refractivity (Wildman–Crippen MR) is 61.7 cm³/mol. The molecule has 0 aliphatic heterocycles. The second kappa shape index (κ2) is 3.58. The molecule has 0 bridgehead atoms. The molecule has 0 heterocycles. The van der Waals surface area contributed by atoms with Gasteiger partial charge in [-0.2, -0.15) is 5.26 Å². The second-order valence-corrected chi connectivity index (χ2v) is 4.83. The minimum Gasteiger partial charge on any atom is -0.383 e. The third-order valence-electron chi connectivity index (χ3n) is 3.10. The van der Waals surface area contributed by atoms with Gasteiger partial charge >= 0.3 is 0 Å². The monoisotopic (exact) mass is 200 g/mol. The summed E-state index contributed by atoms with van der Waals surface area (Å²) in [5.74, 6) is 0. The lowest BCUT2D eigenvalue weighted by Crippen LogP contribution is -2.12. The highest BCUT2D eigenvalue weighted by Crippen LogP contribution is 2.44. The van der Waals surface area contributed by atoms with E-state index >= 15 is 0 Å². The average molecular weight is 200 g/mol. The van der Waals surface area contributed by atoms with E-state index in [0.717, 1.165) is 17.8 Å². The Bertz CT molecular complexity index is 411. The van der Waals surface area contributed by atoms with Gasteiger partial charge in [-0.3, -0.25) is 0 Å². The van der Waals surface area contributed by atoms with Crippen LogP contribution >= 0.6 is 0 Å². The lowest BCUT2D eigenvalue weighted by Gasteiger charge is -2.13. The molecule has 1 fully saturated rings. The second-order valence-electron chi connectivity index (χ2n) is 4.83. The minimum absolute atomic E-state index is 0.469. The lowest BCUT2D eigenvalue weighted by atomic mass is 10.1. The highest BCUT2D eigenvalue weighted by molar-refractivity contribution is 5.58. The highest BCUT2D eigenvalue weighted by Gasteiger charge is 2.36. The summed E-state index contributed by atoms with van der Waals surface area (Å²) in [5.41, 5.74) is 3.38. The molecule has 1 aromatic rings. The molecule has 0 aromatic heterocycles. The summed E-state index contributed by atoms with van der Waals surface area (Å²) in [4.78, 5) is 0. The molecule has 1 aliphatic rings. The molecule has 2 rings (SSSR count). The number of nitrogens with zero attached hydrogens (tertiary/aromatic N) is 1. The summed E-state index contributed by atoms with van der Waals surface area (Å²) in [6.07, 6.45) is 2.60. The Balaban J connectivity index is 2.12. The van der Waals surface area contributed by atoms with Crippen LogP contribution in [-0.2, 0) is 0 Å². The maximum atomic E-state index is 8.96. The minimum atomic E-state index is 0.469. The van der Waals surface area contributed by atoms with Gasteiger partial charge in [0.05, 0.1) is 11.3 Å². The highest BCUT2D eigenvalue weighted by atomic mass is 14.9. The Morgan fingerprint density at radius 2 is 2.20 bits per heavy atom. The Kier molecular flexibility index (Phi) is 2.40. The van der Waals surface area contributed by atoms with E-state index in [1.54, 1.807) is 0 Å². The molecule has 2 heteroatoms. The van der Waals surface area contributed by atoms with Gasteiger partial charge in [-0.25, -0.2) is 0 Å². The van der Waals surface area contributed by atoms with Gasteiger partial charge in [0.2, 0.25) is 0 Å². The Labute approximate surface area is 90.9 Å². The van der Waals surface area contributed by atoms with Crippen molar-refractivity contribution in [2.24, 2.45) is 5.41 Å². The molecule has 0 unspecified atom stereocenters. The number of rotatable bonds is 3. The van der Waals surface area contributed by atoms with Crippen LogP contribution in [0.25, 0.3) is 0 Å². The lowest BCUT2D eigenvalue weighted by molar-refractivity contribution is 0.610. The van der Waals surface area contributed by atoms with Crippen LogP contribution < -0.4 is 5.32 Å². The van der Waals surface area contributed by atoms with Gasteiger partial charge in [0.15, 0.2) is 0 Å². The Morgan fingerprint density at radius 3 is 2.80 bits per heavy atom. The summed E-state index contributed by atoms with van der Waals surface area (Å²) in [7, 11) is 0. The topological polar surface area (TPSA) is 35.8 Å². The van der Waals surface area contributed by atoms with E-state index in [9.17, 15) is 0 Å². The van der Waals surface area contributed by atoms with Gasteiger partial charge in [0.1, 0.15) is 6.07 Å². The Morgan fingerprint density at radius 1 is 1.47 bits per heavy atom. The zero-order chi connectivity index (χ0) is 10.9. The van der Waals surface area contributed by atoms with Crippen molar-refractivity contribution in [3.8, 4) is 6.07 Å². The number of aryl methyl sites for hydroxylation is 1. The van der Waals surface area contributed by atoms with Crippen molar-refractivity contribution in [1.29, 1.82) is 5.26 Å². The van der Waals surface area contributed by atoms with Gasteiger partial charge in [-0.15, -0.1) is 0 Å². The molecule has 0 atom stereocenters. The molecular weight excluding hydrogens is 184 g/mol. The van der Waals surface area contributed by atoms with Crippen molar-refractivity contribution in [2.75, 3.05) is 11.9 Å². The molecule has 0 radical (unpaired) electrons. The number of hydrogen-bond acceptors (Lipinski definition) is 2. The molecule has 0 amide bonds. The SMILES string of the molecule is Cc1ccc(C#N)c(NCC2(C)CC2)c1. The first-order chi connectivity index (χ1) is 7.13. The number of hydrogen-bond donors (Lipinski definition) is 1. The largest absolute Gasteiger partial charge is 0.383 e. The van der Waals surface area contributed by atoms with Crippen molar-refractivity contribution in [3.63, 3.8) is 0 Å². The summed E-state index contributed by atoms with van der Waals surface area (Å²) in [5, 5.41) is 12.3. The normalized spacial score (nSPS) is 16.9. The standard InChI is InChI=1S/C13H16N2/c1-10-3-4-11(8-14)12(7-10)15-9-13(2)5-6-13/h3-4,7,15H,5-6,9H2,1-2H3. The molecule has 1 saturated carbocycles. The summed E-state index contributed by atoms with van der Waals surface area (Å²) < 4.78 is 0. The van der Waals surface area contributed by atoms with Crippen molar-refractivity contribution < 1.29 is 0 Å². The van der Waals surface area contributed by atoms with Crippen LogP contribution in [0.4, 0.5) is 5.69 Å². The maximum Gasteiger partial charge on any atom is 0.101 e. The molecule has 1 aliphatic carbocycles. The van der Waals surface area contributed by atoms with Crippen molar-refractivity contribution in [2.45, 2.75) is 26.7 Å². The van der Waals surface area contributed by atoms with Gasteiger partial charge in [-0.1, -0.05) is 13.0 Å². The third-order valence-corrected chi connectivity index (χ3v) is 3.10. The first-order valence-corrected chi connectivity index (χ1v) is 5.38. The van der Waals surface area contributed by atoms with Crippen molar-refractivity contribution in [1.82, 2.24) is 0 Å². The maximum absolute atomic E-state index is 8.96. The van der Waals surface area contributed by atoms with Crippen molar-refractivity contribution >= 4 is 5.69 Å². The summed E-state index contributed by atoms with van der Waals surface area (Å²) in [6.45, 7) is 5.30. The van der Waals surface area contributed by atoms with Gasteiger partial charge < -0.3 is 5.32 Å². The molecule has 0 spiro atoms. The summed E-state index contributed by atoms with van der Waals surface area (Å²) >= 11 is 0. The van der Waals surface area contributed by atoms with Crippen LogP contribution in [0.15, 0.2) is 18.2 Å². The van der Waals surface area contributed by atoms with Crippen LogP contribution in [0.2, 0.25) is 0 Å². The molecule has 78 valence electrons. The van der Waals surface area contributed by atoms with Crippen LogP contribution in [0, 0.1) is 23.7 Å². The Hall–Kier alpha value is -1.49. The fraction of sp³-hybridized carbons (Fsp3) is 0.462. The first-order valence-electron chi connectivity index (χ1n) is 5.38. The zero-order valence-corrected chi connectivity index (χ0v) is 9.30. The third kappa shape index (κ3) is 2.30. The summed E-state index contributed by atoms with van der Waals surface area (Å²) in [6, 6.07) is 8.12. The molecule has 2 nitrogen and oxygen atoms in total. The van der Waals surface area contributed by atoms with Crippen LogP contribution in [0.5, 0.6) is 0 Å². The zero-order valence-electron chi connectivity index (χ0n) is 9.30. The molecule has 0 saturated heterocycles. The van der Waals surface area contributed by atoms with Crippen LogP contribution in [0.3, 0.4) is 0 Å². The average Bonchev–Trinajstić information content (AvgIpc) is 2.95. The molecule has 15 heavy (non-hydrogen) atoms. The van der Waals surface area contributed by atoms with E-state index < -0.39 is 0 Å². The van der Waals surface area contributed by atoms with Gasteiger partial charge in [-0.05, 0) is 42.9 Å².